The van der Waals surface area contributed by atoms with E-state index in [0.29, 0.717) is 6.20 Å². The Kier molecular flexibility index (Phi) is 3.39. The Hall–Kier alpha value is -2.48. The summed E-state index contributed by atoms with van der Waals surface area (Å²) in [4.78, 5) is 3.44. The van der Waals surface area contributed by atoms with Gasteiger partial charge in [0.15, 0.2) is 5.75 Å². The molecule has 1 heterocycles. The third kappa shape index (κ3) is 2.98. The molecule has 88 valence electrons. The molecule has 0 aromatic carbocycles. The summed E-state index contributed by atoms with van der Waals surface area (Å²) in [5, 5.41) is 17.1. The van der Waals surface area contributed by atoms with Gasteiger partial charge >= 0.3 is 6.36 Å². The molecule has 0 atom stereocenters. The predicted molar refractivity (Wildman–Crippen MR) is 49.4 cm³/mol. The number of alkyl halides is 3. The molecule has 0 radical (unpaired) electrons. The van der Waals surface area contributed by atoms with Crippen molar-refractivity contribution in [2.24, 2.45) is 0 Å². The third-order valence-corrected chi connectivity index (χ3v) is 1.77. The lowest BCUT2D eigenvalue weighted by Crippen LogP contribution is -2.19. The van der Waals surface area contributed by atoms with Gasteiger partial charge < -0.3 is 10.5 Å². The summed E-state index contributed by atoms with van der Waals surface area (Å²) in [7, 11) is 0. The van der Waals surface area contributed by atoms with Crippen LogP contribution in [0.5, 0.6) is 5.75 Å². The maximum atomic E-state index is 12.0. The first-order valence-corrected chi connectivity index (χ1v) is 4.19. The van der Waals surface area contributed by atoms with Crippen molar-refractivity contribution in [1.29, 1.82) is 10.5 Å². The van der Waals surface area contributed by atoms with E-state index in [1.165, 1.54) is 0 Å². The molecule has 8 heteroatoms. The summed E-state index contributed by atoms with van der Waals surface area (Å²) >= 11 is 0. The van der Waals surface area contributed by atoms with E-state index in [4.69, 9.17) is 16.3 Å². The molecule has 0 saturated heterocycles. The highest BCUT2D eigenvalue weighted by Crippen LogP contribution is 2.31. The number of halogens is 3. The van der Waals surface area contributed by atoms with Gasteiger partial charge in [0.25, 0.3) is 0 Å². The van der Waals surface area contributed by atoms with Crippen molar-refractivity contribution in [1.82, 2.24) is 4.98 Å². The van der Waals surface area contributed by atoms with Gasteiger partial charge in [-0.25, -0.2) is 4.98 Å². The molecule has 0 bridgehead atoms. The van der Waals surface area contributed by atoms with Crippen LogP contribution >= 0.6 is 0 Å². The Bertz CT molecular complexity index is 513. The SMILES string of the molecule is N#CCc1c(C#N)ncc(OC(F)(F)F)c1N. The first-order chi connectivity index (χ1) is 7.89. The summed E-state index contributed by atoms with van der Waals surface area (Å²) in [5.41, 5.74) is 4.71. The largest absolute Gasteiger partial charge is 0.573 e. The van der Waals surface area contributed by atoms with Crippen LogP contribution in [0.2, 0.25) is 0 Å². The van der Waals surface area contributed by atoms with Crippen LogP contribution in [0.4, 0.5) is 18.9 Å². The van der Waals surface area contributed by atoms with Gasteiger partial charge in [-0.2, -0.15) is 10.5 Å². The lowest BCUT2D eigenvalue weighted by molar-refractivity contribution is -0.274. The topological polar surface area (TPSA) is 95.7 Å². The van der Waals surface area contributed by atoms with Crippen molar-refractivity contribution >= 4 is 5.69 Å². The zero-order valence-corrected chi connectivity index (χ0v) is 8.25. The normalized spacial score (nSPS) is 10.4. The standard InChI is InChI=1S/C9H5F3N4O/c10-9(11,12)17-7-4-16-6(3-14)5(1-2-13)8(7)15/h4H,1H2,(H2,15,16). The minimum atomic E-state index is -4.91. The number of hydrogen-bond donors (Lipinski definition) is 1. The van der Waals surface area contributed by atoms with Crippen LogP contribution in [0.3, 0.4) is 0 Å². The lowest BCUT2D eigenvalue weighted by atomic mass is 10.1. The van der Waals surface area contributed by atoms with Crippen molar-refractivity contribution in [3.8, 4) is 17.9 Å². The monoisotopic (exact) mass is 242 g/mol. The number of nitrogens with two attached hydrogens (primary N) is 1. The fraction of sp³-hybridized carbons (Fsp3) is 0.222. The van der Waals surface area contributed by atoms with E-state index in [1.807, 2.05) is 0 Å². The molecule has 0 aliphatic heterocycles. The van der Waals surface area contributed by atoms with Gasteiger partial charge in [-0.15, -0.1) is 13.2 Å². The average molecular weight is 242 g/mol. The van der Waals surface area contributed by atoms with Crippen LogP contribution in [0.15, 0.2) is 6.20 Å². The average Bonchev–Trinajstić information content (AvgIpc) is 2.23. The Labute approximate surface area is 93.8 Å². The fourth-order valence-electron chi connectivity index (χ4n) is 1.11. The molecule has 0 saturated carbocycles. The molecule has 1 aromatic rings. The first-order valence-electron chi connectivity index (χ1n) is 4.19. The highest BCUT2D eigenvalue weighted by atomic mass is 19.4. The van der Waals surface area contributed by atoms with Crippen LogP contribution in [-0.2, 0) is 6.42 Å². The van der Waals surface area contributed by atoms with E-state index in [0.717, 1.165) is 0 Å². The second kappa shape index (κ2) is 4.58. The molecule has 0 unspecified atom stereocenters. The number of nitrogens with zero attached hydrogens (tertiary/aromatic N) is 3. The van der Waals surface area contributed by atoms with Crippen LogP contribution in [-0.4, -0.2) is 11.3 Å². The third-order valence-electron chi connectivity index (χ3n) is 1.77. The minimum Gasteiger partial charge on any atom is -0.402 e. The number of ether oxygens (including phenoxy) is 1. The summed E-state index contributed by atoms with van der Waals surface area (Å²) in [6.07, 6.45) is -4.53. The van der Waals surface area contributed by atoms with Gasteiger partial charge in [0.1, 0.15) is 11.8 Å². The second-order valence-corrected chi connectivity index (χ2v) is 2.86. The zero-order valence-electron chi connectivity index (χ0n) is 8.25. The van der Waals surface area contributed by atoms with Gasteiger partial charge in [-0.05, 0) is 0 Å². The fourth-order valence-corrected chi connectivity index (χ4v) is 1.11. The number of aromatic nitrogens is 1. The summed E-state index contributed by atoms with van der Waals surface area (Å²) < 4.78 is 39.6. The number of anilines is 1. The zero-order chi connectivity index (χ0) is 13.1. The van der Waals surface area contributed by atoms with Crippen LogP contribution < -0.4 is 10.5 Å². The smallest absolute Gasteiger partial charge is 0.402 e. The van der Waals surface area contributed by atoms with Crippen LogP contribution in [0, 0.1) is 22.7 Å². The predicted octanol–water partition coefficient (Wildman–Crippen LogP) is 1.50. The summed E-state index contributed by atoms with van der Waals surface area (Å²) in [5.74, 6) is -0.721. The Balaban J connectivity index is 3.25. The Morgan fingerprint density at radius 2 is 2.06 bits per heavy atom. The molecule has 2 N–H and O–H groups in total. The van der Waals surface area contributed by atoms with E-state index < -0.39 is 17.8 Å². The van der Waals surface area contributed by atoms with Crippen LogP contribution in [0.1, 0.15) is 11.3 Å². The number of pyridine rings is 1. The molecular weight excluding hydrogens is 237 g/mol. The van der Waals surface area contributed by atoms with E-state index >= 15 is 0 Å². The van der Waals surface area contributed by atoms with Gasteiger partial charge in [-0.3, -0.25) is 0 Å². The van der Waals surface area contributed by atoms with Gasteiger partial charge in [-0.1, -0.05) is 0 Å². The van der Waals surface area contributed by atoms with Crippen molar-refractivity contribution in [2.75, 3.05) is 5.73 Å². The minimum absolute atomic E-state index is 0.0725. The number of hydrogen-bond acceptors (Lipinski definition) is 5. The molecular formula is C9H5F3N4O. The molecule has 0 aliphatic rings. The lowest BCUT2D eigenvalue weighted by Gasteiger charge is -2.12. The molecule has 17 heavy (non-hydrogen) atoms. The number of nitriles is 2. The molecule has 1 rings (SSSR count). The number of nitrogen functional groups attached to an aromatic ring is 1. The van der Waals surface area contributed by atoms with Crippen molar-refractivity contribution in [3.05, 3.63) is 17.5 Å². The van der Waals surface area contributed by atoms with E-state index in [-0.39, 0.29) is 17.7 Å². The van der Waals surface area contributed by atoms with E-state index in [2.05, 4.69) is 9.72 Å². The number of rotatable bonds is 2. The van der Waals surface area contributed by atoms with Gasteiger partial charge in [0.2, 0.25) is 0 Å². The Morgan fingerprint density at radius 1 is 1.41 bits per heavy atom. The van der Waals surface area contributed by atoms with E-state index in [9.17, 15) is 13.2 Å². The highest BCUT2D eigenvalue weighted by Gasteiger charge is 2.32. The Morgan fingerprint density at radius 3 is 2.53 bits per heavy atom. The van der Waals surface area contributed by atoms with Crippen molar-refractivity contribution in [3.63, 3.8) is 0 Å². The van der Waals surface area contributed by atoms with Gasteiger partial charge in [0, 0.05) is 5.56 Å². The molecule has 0 spiro atoms. The molecule has 0 fully saturated rings. The second-order valence-electron chi connectivity index (χ2n) is 2.86. The van der Waals surface area contributed by atoms with Crippen molar-refractivity contribution < 1.29 is 17.9 Å². The van der Waals surface area contributed by atoms with Gasteiger partial charge in [0.05, 0.1) is 24.4 Å². The van der Waals surface area contributed by atoms with Crippen molar-refractivity contribution in [2.45, 2.75) is 12.8 Å². The molecule has 0 amide bonds. The maximum absolute atomic E-state index is 12.0. The molecule has 0 aliphatic carbocycles. The maximum Gasteiger partial charge on any atom is 0.573 e. The molecule has 1 aromatic heterocycles. The summed E-state index contributed by atoms with van der Waals surface area (Å²) in [6, 6.07) is 3.31. The summed E-state index contributed by atoms with van der Waals surface area (Å²) in [6.45, 7) is 0. The van der Waals surface area contributed by atoms with E-state index in [1.54, 1.807) is 12.1 Å². The quantitative estimate of drug-likeness (QED) is 0.847. The van der Waals surface area contributed by atoms with Crippen LogP contribution in [0.25, 0.3) is 0 Å². The highest BCUT2D eigenvalue weighted by molar-refractivity contribution is 5.61. The molecule has 5 nitrogen and oxygen atoms in total. The first kappa shape index (κ1) is 12.6.